The lowest BCUT2D eigenvalue weighted by molar-refractivity contribution is -0.144. The van der Waals surface area contributed by atoms with Gasteiger partial charge in [0.25, 0.3) is 5.91 Å². The van der Waals surface area contributed by atoms with Gasteiger partial charge in [-0.2, -0.15) is 0 Å². The van der Waals surface area contributed by atoms with Crippen LogP contribution in [-0.4, -0.2) is 16.6 Å². The van der Waals surface area contributed by atoms with E-state index >= 15 is 0 Å². The molecule has 19 heavy (non-hydrogen) atoms. The van der Waals surface area contributed by atoms with Gasteiger partial charge in [-0.05, 0) is 49.1 Å². The summed E-state index contributed by atoms with van der Waals surface area (Å²) in [5.41, 5.74) is 0.148. The van der Waals surface area contributed by atoms with Crippen molar-refractivity contribution < 1.29 is 9.90 Å². The number of rotatable bonds is 2. The highest BCUT2D eigenvalue weighted by molar-refractivity contribution is 7.10. The Morgan fingerprint density at radius 2 is 2.11 bits per heavy atom. The summed E-state index contributed by atoms with van der Waals surface area (Å²) < 4.78 is 0. The summed E-state index contributed by atoms with van der Waals surface area (Å²) in [6, 6.07) is 2.23. The summed E-state index contributed by atoms with van der Waals surface area (Å²) in [5.74, 6) is -0.156. The fourth-order valence-corrected chi connectivity index (χ4v) is 4.28. The summed E-state index contributed by atoms with van der Waals surface area (Å²) in [4.78, 5) is 13.8. The summed E-state index contributed by atoms with van der Waals surface area (Å²) in [5, 5.41) is 15.7. The monoisotopic (exact) mass is 279 g/mol. The third kappa shape index (κ3) is 2.56. The van der Waals surface area contributed by atoms with Gasteiger partial charge in [-0.3, -0.25) is 4.79 Å². The molecule has 0 bridgehead atoms. The van der Waals surface area contributed by atoms with Crippen LogP contribution in [-0.2, 0) is 11.2 Å². The molecule has 1 fully saturated rings. The Morgan fingerprint density at radius 1 is 1.32 bits per heavy atom. The second kappa shape index (κ2) is 5.25. The van der Waals surface area contributed by atoms with E-state index in [4.69, 9.17) is 0 Å². The fraction of sp³-hybridized carbons (Fsp3) is 0.667. The zero-order valence-corrected chi connectivity index (χ0v) is 12.0. The SMILES string of the molecule is O=C(NC1CCCc2sccc21)C1(O)CCCCC1. The summed E-state index contributed by atoms with van der Waals surface area (Å²) in [6.07, 6.45) is 7.51. The Kier molecular flexibility index (Phi) is 3.63. The molecule has 1 atom stereocenters. The molecule has 2 N–H and O–H groups in total. The molecule has 1 aromatic heterocycles. The predicted octanol–water partition coefficient (Wildman–Crippen LogP) is 2.94. The first-order chi connectivity index (χ1) is 9.19. The molecule has 0 aromatic carbocycles. The molecule has 1 unspecified atom stereocenters. The number of hydrogen-bond donors (Lipinski definition) is 2. The molecule has 0 radical (unpaired) electrons. The van der Waals surface area contributed by atoms with Crippen molar-refractivity contribution in [3.05, 3.63) is 21.9 Å². The molecule has 3 nitrogen and oxygen atoms in total. The maximum absolute atomic E-state index is 12.4. The van der Waals surface area contributed by atoms with E-state index < -0.39 is 5.60 Å². The quantitative estimate of drug-likeness (QED) is 0.874. The van der Waals surface area contributed by atoms with E-state index in [-0.39, 0.29) is 11.9 Å². The van der Waals surface area contributed by atoms with E-state index in [1.54, 1.807) is 11.3 Å². The van der Waals surface area contributed by atoms with Crippen LogP contribution in [0.2, 0.25) is 0 Å². The largest absolute Gasteiger partial charge is 0.380 e. The highest BCUT2D eigenvalue weighted by Crippen LogP contribution is 2.35. The van der Waals surface area contributed by atoms with Crippen molar-refractivity contribution in [3.8, 4) is 0 Å². The smallest absolute Gasteiger partial charge is 0.252 e. The molecule has 104 valence electrons. The van der Waals surface area contributed by atoms with Gasteiger partial charge in [0.1, 0.15) is 5.60 Å². The van der Waals surface area contributed by atoms with Gasteiger partial charge in [-0.1, -0.05) is 19.3 Å². The first kappa shape index (κ1) is 13.1. The minimum Gasteiger partial charge on any atom is -0.380 e. The van der Waals surface area contributed by atoms with Gasteiger partial charge >= 0.3 is 0 Å². The summed E-state index contributed by atoms with van der Waals surface area (Å²) in [7, 11) is 0. The zero-order chi connectivity index (χ0) is 13.3. The lowest BCUT2D eigenvalue weighted by Crippen LogP contribution is -2.49. The Bertz CT molecular complexity index is 462. The molecule has 2 aliphatic carbocycles. The fourth-order valence-electron chi connectivity index (χ4n) is 3.29. The Morgan fingerprint density at radius 3 is 2.89 bits per heavy atom. The number of aryl methyl sites for hydroxylation is 1. The molecule has 1 saturated carbocycles. The standard InChI is InChI=1S/C15H21NO2S/c17-14(15(18)8-2-1-3-9-15)16-12-5-4-6-13-11(12)7-10-19-13/h7,10,12,18H,1-6,8-9H2,(H,16,17). The van der Waals surface area contributed by atoms with Crippen LogP contribution in [0.15, 0.2) is 11.4 Å². The van der Waals surface area contributed by atoms with Gasteiger partial charge in [0.05, 0.1) is 6.04 Å². The summed E-state index contributed by atoms with van der Waals surface area (Å²) in [6.45, 7) is 0. The molecule has 2 aliphatic rings. The van der Waals surface area contributed by atoms with E-state index in [2.05, 4.69) is 16.8 Å². The second-order valence-corrected chi connectivity index (χ2v) is 6.81. The number of carbonyl (C=O) groups excluding carboxylic acids is 1. The molecule has 0 spiro atoms. The first-order valence-corrected chi connectivity index (χ1v) is 8.17. The van der Waals surface area contributed by atoms with Gasteiger partial charge in [-0.15, -0.1) is 11.3 Å². The number of amides is 1. The average Bonchev–Trinajstić information content (AvgIpc) is 2.89. The molecule has 3 rings (SSSR count). The third-order valence-electron chi connectivity index (χ3n) is 4.46. The Labute approximate surface area is 118 Å². The van der Waals surface area contributed by atoms with Crippen LogP contribution in [0.4, 0.5) is 0 Å². The van der Waals surface area contributed by atoms with E-state index in [1.165, 1.54) is 10.4 Å². The molecular formula is C15H21NO2S. The normalized spacial score (nSPS) is 25.6. The van der Waals surface area contributed by atoms with Crippen molar-refractivity contribution in [2.75, 3.05) is 0 Å². The number of fused-ring (bicyclic) bond motifs is 1. The number of aliphatic hydroxyl groups is 1. The Balaban J connectivity index is 1.71. The highest BCUT2D eigenvalue weighted by Gasteiger charge is 2.38. The van der Waals surface area contributed by atoms with Gasteiger partial charge in [0.2, 0.25) is 0 Å². The van der Waals surface area contributed by atoms with Crippen molar-refractivity contribution in [2.45, 2.75) is 63.0 Å². The first-order valence-electron chi connectivity index (χ1n) is 7.29. The third-order valence-corrected chi connectivity index (χ3v) is 5.46. The number of nitrogens with one attached hydrogen (secondary N) is 1. The van der Waals surface area contributed by atoms with Gasteiger partial charge < -0.3 is 10.4 Å². The molecule has 0 saturated heterocycles. The second-order valence-electron chi connectivity index (χ2n) is 5.81. The van der Waals surface area contributed by atoms with Crippen molar-refractivity contribution in [1.29, 1.82) is 0 Å². The molecular weight excluding hydrogens is 258 g/mol. The zero-order valence-electron chi connectivity index (χ0n) is 11.2. The maximum Gasteiger partial charge on any atom is 0.252 e. The van der Waals surface area contributed by atoms with Gasteiger partial charge in [0, 0.05) is 4.88 Å². The number of carbonyl (C=O) groups is 1. The molecule has 0 aliphatic heterocycles. The van der Waals surface area contributed by atoms with Crippen LogP contribution in [0.5, 0.6) is 0 Å². The lowest BCUT2D eigenvalue weighted by Gasteiger charge is -2.33. The molecule has 4 heteroatoms. The molecule has 1 heterocycles. The van der Waals surface area contributed by atoms with Crippen LogP contribution in [0.3, 0.4) is 0 Å². The minimum absolute atomic E-state index is 0.105. The van der Waals surface area contributed by atoms with Crippen LogP contribution in [0.25, 0.3) is 0 Å². The highest BCUT2D eigenvalue weighted by atomic mass is 32.1. The van der Waals surface area contributed by atoms with E-state index in [0.29, 0.717) is 12.8 Å². The topological polar surface area (TPSA) is 49.3 Å². The van der Waals surface area contributed by atoms with Crippen LogP contribution >= 0.6 is 11.3 Å². The van der Waals surface area contributed by atoms with Crippen LogP contribution < -0.4 is 5.32 Å². The number of thiophene rings is 1. The van der Waals surface area contributed by atoms with E-state index in [9.17, 15) is 9.90 Å². The number of hydrogen-bond acceptors (Lipinski definition) is 3. The Hall–Kier alpha value is -0.870. The van der Waals surface area contributed by atoms with Crippen molar-refractivity contribution >= 4 is 17.2 Å². The van der Waals surface area contributed by atoms with Crippen molar-refractivity contribution in [1.82, 2.24) is 5.32 Å². The predicted molar refractivity (Wildman–Crippen MR) is 76.2 cm³/mol. The van der Waals surface area contributed by atoms with Crippen LogP contribution in [0, 0.1) is 0 Å². The van der Waals surface area contributed by atoms with Gasteiger partial charge in [0.15, 0.2) is 0 Å². The summed E-state index contributed by atoms with van der Waals surface area (Å²) >= 11 is 1.78. The van der Waals surface area contributed by atoms with E-state index in [0.717, 1.165) is 38.5 Å². The van der Waals surface area contributed by atoms with Crippen molar-refractivity contribution in [2.24, 2.45) is 0 Å². The molecule has 1 amide bonds. The molecule has 1 aromatic rings. The van der Waals surface area contributed by atoms with Gasteiger partial charge in [-0.25, -0.2) is 0 Å². The lowest BCUT2D eigenvalue weighted by atomic mass is 9.83. The average molecular weight is 279 g/mol. The van der Waals surface area contributed by atoms with E-state index in [1.807, 2.05) is 0 Å². The minimum atomic E-state index is -1.12. The van der Waals surface area contributed by atoms with Crippen molar-refractivity contribution in [3.63, 3.8) is 0 Å². The van der Waals surface area contributed by atoms with Crippen LogP contribution in [0.1, 0.15) is 61.4 Å². The maximum atomic E-state index is 12.4.